The Balaban J connectivity index is 0.00000320. The molecule has 0 amide bonds. The van der Waals surface area contributed by atoms with Gasteiger partial charge in [-0.3, -0.25) is 0 Å². The van der Waals surface area contributed by atoms with Crippen molar-refractivity contribution < 1.29 is 22.6 Å². The number of alkyl halides is 3. The van der Waals surface area contributed by atoms with Crippen molar-refractivity contribution in [2.45, 2.75) is 19.5 Å². The van der Waals surface area contributed by atoms with E-state index in [9.17, 15) is 13.2 Å². The normalized spacial score (nSPS) is 14.8. The first-order valence-corrected chi connectivity index (χ1v) is 9.19. The van der Waals surface area contributed by atoms with Gasteiger partial charge in [0.15, 0.2) is 5.96 Å². The summed E-state index contributed by atoms with van der Waals surface area (Å²) in [6, 6.07) is 13.7. The quantitative estimate of drug-likeness (QED) is 0.335. The highest BCUT2D eigenvalue weighted by molar-refractivity contribution is 14.0. The first-order valence-electron chi connectivity index (χ1n) is 9.19. The van der Waals surface area contributed by atoms with Gasteiger partial charge in [-0.15, -0.1) is 37.1 Å². The Kier molecular flexibility index (Phi) is 9.03. The summed E-state index contributed by atoms with van der Waals surface area (Å²) in [6.45, 7) is 4.04. The van der Waals surface area contributed by atoms with Crippen LogP contribution in [0.5, 0.6) is 5.75 Å². The second-order valence-electron chi connectivity index (χ2n) is 6.51. The molecule has 1 fully saturated rings. The third kappa shape index (κ3) is 7.90. The fraction of sp³-hybridized carbons (Fsp3) is 0.350. The van der Waals surface area contributed by atoms with E-state index in [1.54, 1.807) is 0 Å². The number of nitrogens with two attached hydrogens (primary N) is 1. The summed E-state index contributed by atoms with van der Waals surface area (Å²) < 4.78 is 45.7. The zero-order valence-electron chi connectivity index (χ0n) is 16.2. The highest BCUT2D eigenvalue weighted by Gasteiger charge is 2.30. The number of nitrogens with one attached hydrogen (secondary N) is 1. The van der Waals surface area contributed by atoms with Crippen LogP contribution < -0.4 is 20.7 Å². The minimum absolute atomic E-state index is 0. The van der Waals surface area contributed by atoms with Gasteiger partial charge in [0.25, 0.3) is 0 Å². The summed E-state index contributed by atoms with van der Waals surface area (Å²) in [4.78, 5) is 6.48. The Hall–Kier alpha value is -2.21. The monoisotopic (exact) mass is 536 g/mol. The molecule has 0 atom stereocenters. The molecule has 0 saturated carbocycles. The van der Waals surface area contributed by atoms with Crippen LogP contribution in [-0.4, -0.2) is 38.6 Å². The summed E-state index contributed by atoms with van der Waals surface area (Å²) in [5, 5.41) is 3.03. The number of benzene rings is 2. The molecule has 0 spiro atoms. The highest BCUT2D eigenvalue weighted by atomic mass is 127. The molecular formula is C20H24F3IN4O2. The summed E-state index contributed by atoms with van der Waals surface area (Å²) >= 11 is 0. The Bertz CT molecular complexity index is 808. The molecule has 30 heavy (non-hydrogen) atoms. The van der Waals surface area contributed by atoms with E-state index < -0.39 is 6.36 Å². The summed E-state index contributed by atoms with van der Waals surface area (Å²) in [5.74, 6) is -0.00488. The molecule has 164 valence electrons. The van der Waals surface area contributed by atoms with Crippen molar-refractivity contribution in [1.82, 2.24) is 5.32 Å². The van der Waals surface area contributed by atoms with Crippen molar-refractivity contribution in [2.75, 3.05) is 31.2 Å². The fourth-order valence-corrected chi connectivity index (χ4v) is 2.87. The third-order valence-electron chi connectivity index (χ3n) is 4.38. The highest BCUT2D eigenvalue weighted by Crippen LogP contribution is 2.23. The van der Waals surface area contributed by atoms with Gasteiger partial charge in [-0.05, 0) is 35.4 Å². The minimum atomic E-state index is -4.70. The summed E-state index contributed by atoms with van der Waals surface area (Å²) in [7, 11) is 0. The third-order valence-corrected chi connectivity index (χ3v) is 4.38. The molecule has 3 N–H and O–H groups in total. The molecule has 1 aliphatic heterocycles. The van der Waals surface area contributed by atoms with Crippen LogP contribution in [0.4, 0.5) is 18.9 Å². The molecule has 10 heteroatoms. The van der Waals surface area contributed by atoms with Crippen molar-refractivity contribution in [3.8, 4) is 5.75 Å². The van der Waals surface area contributed by atoms with Crippen LogP contribution in [0.25, 0.3) is 0 Å². The lowest BCUT2D eigenvalue weighted by atomic mass is 10.2. The van der Waals surface area contributed by atoms with Crippen LogP contribution in [0.2, 0.25) is 0 Å². The molecule has 2 aromatic rings. The van der Waals surface area contributed by atoms with Gasteiger partial charge in [0.05, 0.1) is 19.8 Å². The predicted molar refractivity (Wildman–Crippen MR) is 120 cm³/mol. The maximum absolute atomic E-state index is 12.2. The number of hydrogen-bond acceptors (Lipinski definition) is 4. The maximum atomic E-state index is 12.2. The van der Waals surface area contributed by atoms with Crippen LogP contribution in [-0.2, 0) is 17.8 Å². The number of guanidine groups is 1. The van der Waals surface area contributed by atoms with Gasteiger partial charge in [-0.25, -0.2) is 4.99 Å². The molecule has 0 aromatic heterocycles. The van der Waals surface area contributed by atoms with Crippen LogP contribution in [0.1, 0.15) is 11.1 Å². The van der Waals surface area contributed by atoms with E-state index in [0.717, 1.165) is 43.1 Å². The van der Waals surface area contributed by atoms with Crippen LogP contribution in [0.3, 0.4) is 0 Å². The van der Waals surface area contributed by atoms with Crippen molar-refractivity contribution in [3.05, 3.63) is 59.7 Å². The summed E-state index contributed by atoms with van der Waals surface area (Å²) in [6.07, 6.45) is -4.70. The lowest BCUT2D eigenvalue weighted by Crippen LogP contribution is -2.36. The van der Waals surface area contributed by atoms with Gasteiger partial charge in [-0.1, -0.05) is 24.3 Å². The van der Waals surface area contributed by atoms with Crippen LogP contribution in [0.15, 0.2) is 53.5 Å². The Labute approximate surface area is 190 Å². The lowest BCUT2D eigenvalue weighted by Gasteiger charge is -2.28. The average molecular weight is 536 g/mol. The number of morpholine rings is 1. The molecule has 0 unspecified atom stereocenters. The van der Waals surface area contributed by atoms with E-state index >= 15 is 0 Å². The lowest BCUT2D eigenvalue weighted by molar-refractivity contribution is -0.274. The summed E-state index contributed by atoms with van der Waals surface area (Å²) in [5.41, 5.74) is 8.82. The smallest absolute Gasteiger partial charge is 0.406 e. The predicted octanol–water partition coefficient (Wildman–Crippen LogP) is 3.64. The van der Waals surface area contributed by atoms with E-state index in [2.05, 4.69) is 32.1 Å². The van der Waals surface area contributed by atoms with E-state index in [-0.39, 0.29) is 42.2 Å². The van der Waals surface area contributed by atoms with Gasteiger partial charge in [-0.2, -0.15) is 0 Å². The van der Waals surface area contributed by atoms with E-state index in [4.69, 9.17) is 10.5 Å². The second-order valence-corrected chi connectivity index (χ2v) is 6.51. The SMILES string of the molecule is I.NC(=NCc1ccc(OC(F)(F)F)cc1)NCc1ccc(N2CCOCC2)cc1. The number of nitrogens with zero attached hydrogens (tertiary/aromatic N) is 2. The van der Waals surface area contributed by atoms with Gasteiger partial charge < -0.3 is 25.4 Å². The van der Waals surface area contributed by atoms with Crippen LogP contribution >= 0.6 is 24.0 Å². The number of rotatable bonds is 6. The molecule has 1 aliphatic rings. The van der Waals surface area contributed by atoms with Crippen molar-refractivity contribution in [3.63, 3.8) is 0 Å². The van der Waals surface area contributed by atoms with E-state index in [0.29, 0.717) is 6.54 Å². The first-order chi connectivity index (χ1) is 13.9. The Morgan fingerprint density at radius 1 is 1.03 bits per heavy atom. The zero-order valence-corrected chi connectivity index (χ0v) is 18.5. The Morgan fingerprint density at radius 2 is 1.63 bits per heavy atom. The zero-order chi connectivity index (χ0) is 20.7. The Morgan fingerprint density at radius 3 is 2.23 bits per heavy atom. The van der Waals surface area contributed by atoms with Crippen molar-refractivity contribution >= 4 is 35.6 Å². The molecule has 2 aromatic carbocycles. The largest absolute Gasteiger partial charge is 0.573 e. The number of aliphatic imine (C=N–C) groups is 1. The first kappa shape index (κ1) is 24.1. The number of hydrogen-bond donors (Lipinski definition) is 2. The number of anilines is 1. The van der Waals surface area contributed by atoms with Gasteiger partial charge >= 0.3 is 6.36 Å². The molecule has 0 aliphatic carbocycles. The van der Waals surface area contributed by atoms with Crippen molar-refractivity contribution in [1.29, 1.82) is 0 Å². The topological polar surface area (TPSA) is 72.1 Å². The molecule has 6 nitrogen and oxygen atoms in total. The average Bonchev–Trinajstić information content (AvgIpc) is 2.72. The fourth-order valence-electron chi connectivity index (χ4n) is 2.87. The van der Waals surface area contributed by atoms with E-state index in [1.807, 2.05) is 12.1 Å². The van der Waals surface area contributed by atoms with Gasteiger partial charge in [0.2, 0.25) is 0 Å². The van der Waals surface area contributed by atoms with Crippen LogP contribution in [0, 0.1) is 0 Å². The van der Waals surface area contributed by atoms with E-state index in [1.165, 1.54) is 24.3 Å². The standard InChI is InChI=1S/C20H23F3N4O2.HI/c21-20(22,23)29-18-7-3-16(4-8-18)14-26-19(24)25-13-15-1-5-17(6-2-15)27-9-11-28-12-10-27;/h1-8H,9-14H2,(H3,24,25,26);1H. The van der Waals surface area contributed by atoms with Gasteiger partial charge in [0.1, 0.15) is 5.75 Å². The molecule has 3 rings (SSSR count). The van der Waals surface area contributed by atoms with Gasteiger partial charge in [0, 0.05) is 25.3 Å². The second kappa shape index (κ2) is 11.3. The minimum Gasteiger partial charge on any atom is -0.406 e. The molecule has 0 bridgehead atoms. The number of halogens is 4. The number of ether oxygens (including phenoxy) is 2. The maximum Gasteiger partial charge on any atom is 0.573 e. The molecule has 1 heterocycles. The van der Waals surface area contributed by atoms with Crippen molar-refractivity contribution in [2.24, 2.45) is 10.7 Å². The molecule has 1 saturated heterocycles. The molecule has 0 radical (unpaired) electrons. The molecular weight excluding hydrogens is 512 g/mol.